The van der Waals surface area contributed by atoms with Crippen LogP contribution < -0.4 is 0 Å². The number of thiazole rings is 1. The minimum absolute atomic E-state index is 0.0117. The van der Waals surface area contributed by atoms with Gasteiger partial charge in [-0.3, -0.25) is 9.63 Å². The van der Waals surface area contributed by atoms with Crippen LogP contribution in [0, 0.1) is 5.92 Å². The van der Waals surface area contributed by atoms with Crippen LogP contribution in [0.2, 0.25) is 0 Å². The fraction of sp³-hybridized carbons (Fsp3) is 0.444. The monoisotopic (exact) mass is 420 g/mol. The van der Waals surface area contributed by atoms with Gasteiger partial charge in [-0.05, 0) is 47.3 Å². The normalized spacial score (nSPS) is 29.6. The Balaban J connectivity index is 1.57. The highest BCUT2D eigenvalue weighted by molar-refractivity contribution is 9.10. The maximum absolute atomic E-state index is 13.2. The summed E-state index contributed by atoms with van der Waals surface area (Å²) in [5.74, 6) is 0.0687. The van der Waals surface area contributed by atoms with E-state index < -0.39 is 5.54 Å². The van der Waals surface area contributed by atoms with E-state index in [-0.39, 0.29) is 17.4 Å². The molecule has 1 aromatic heterocycles. The van der Waals surface area contributed by atoms with Gasteiger partial charge in [-0.15, -0.1) is 11.3 Å². The highest BCUT2D eigenvalue weighted by Gasteiger charge is 2.64. The van der Waals surface area contributed by atoms with Crippen LogP contribution >= 0.6 is 27.3 Å². The summed E-state index contributed by atoms with van der Waals surface area (Å²) in [5, 5.41) is 4.36. The van der Waals surface area contributed by atoms with Crippen molar-refractivity contribution in [2.24, 2.45) is 5.92 Å². The second kappa shape index (κ2) is 5.61. The molecule has 1 aromatic carbocycles. The summed E-state index contributed by atoms with van der Waals surface area (Å²) in [6, 6.07) is 9.26. The Morgan fingerprint density at radius 2 is 2.12 bits per heavy atom. The largest absolute Gasteiger partial charge is 0.372 e. The number of ether oxygens (including phenoxy) is 1. The fourth-order valence-corrected chi connectivity index (χ4v) is 5.46. The Kier molecular flexibility index (Phi) is 3.57. The second-order valence-corrected chi connectivity index (χ2v) is 8.70. The highest BCUT2D eigenvalue weighted by atomic mass is 79.9. The summed E-state index contributed by atoms with van der Waals surface area (Å²) >= 11 is 4.99. The standard InChI is InChI=1S/C18H17BrN2O3S/c19-14-10-25-16(20-14)18-11-23-17(6-7-17)8-13(18)9-24-21(18)15(22)12-4-2-1-3-5-12/h1-5,10,13H,6-9,11H2/t13-,18-/m0/s1. The molecule has 2 atom stereocenters. The molecule has 1 aliphatic carbocycles. The van der Waals surface area contributed by atoms with Gasteiger partial charge >= 0.3 is 0 Å². The molecular formula is C18H17BrN2O3S. The number of nitrogens with zero attached hydrogens (tertiary/aromatic N) is 2. The van der Waals surface area contributed by atoms with Crippen molar-refractivity contribution in [3.05, 3.63) is 50.9 Å². The van der Waals surface area contributed by atoms with Crippen LogP contribution in [0.3, 0.4) is 0 Å². The topological polar surface area (TPSA) is 51.7 Å². The lowest BCUT2D eigenvalue weighted by atomic mass is 9.79. The third kappa shape index (κ3) is 2.40. The lowest BCUT2D eigenvalue weighted by molar-refractivity contribution is -0.168. The number of hydroxylamine groups is 2. The first-order valence-electron chi connectivity index (χ1n) is 8.41. The van der Waals surface area contributed by atoms with Gasteiger partial charge in [-0.2, -0.15) is 0 Å². The van der Waals surface area contributed by atoms with Gasteiger partial charge in [0, 0.05) is 16.9 Å². The van der Waals surface area contributed by atoms with Crippen molar-refractivity contribution in [3.8, 4) is 0 Å². The molecule has 3 aliphatic rings. The Labute approximate surface area is 158 Å². The van der Waals surface area contributed by atoms with Crippen LogP contribution in [0.1, 0.15) is 34.6 Å². The molecule has 0 bridgehead atoms. The summed E-state index contributed by atoms with van der Waals surface area (Å²) in [6.07, 6.45) is 3.13. The van der Waals surface area contributed by atoms with Gasteiger partial charge in [0.1, 0.15) is 9.61 Å². The van der Waals surface area contributed by atoms with E-state index in [2.05, 4.69) is 20.9 Å². The molecule has 2 aliphatic heterocycles. The van der Waals surface area contributed by atoms with E-state index >= 15 is 0 Å². The minimum atomic E-state index is -0.641. The Hall–Kier alpha value is -1.28. The molecule has 5 rings (SSSR count). The summed E-state index contributed by atoms with van der Waals surface area (Å²) in [4.78, 5) is 23.8. The van der Waals surface area contributed by atoms with Gasteiger partial charge in [0.15, 0.2) is 5.54 Å². The third-order valence-electron chi connectivity index (χ3n) is 5.52. The van der Waals surface area contributed by atoms with Crippen molar-refractivity contribution in [2.75, 3.05) is 13.2 Å². The fourth-order valence-electron chi connectivity index (χ4n) is 3.96. The Morgan fingerprint density at radius 1 is 1.32 bits per heavy atom. The number of hydrogen-bond acceptors (Lipinski definition) is 5. The van der Waals surface area contributed by atoms with Gasteiger partial charge in [0.05, 0.1) is 18.8 Å². The predicted octanol–water partition coefficient (Wildman–Crippen LogP) is 3.76. The van der Waals surface area contributed by atoms with E-state index in [4.69, 9.17) is 9.57 Å². The van der Waals surface area contributed by atoms with Crippen molar-refractivity contribution < 1.29 is 14.4 Å². The maximum atomic E-state index is 13.2. The number of fused-ring (bicyclic) bond motifs is 1. The summed E-state index contributed by atoms with van der Waals surface area (Å²) in [6.45, 7) is 0.969. The Bertz CT molecular complexity index is 823. The Morgan fingerprint density at radius 3 is 2.80 bits per heavy atom. The first kappa shape index (κ1) is 15.9. The maximum Gasteiger partial charge on any atom is 0.278 e. The van der Waals surface area contributed by atoms with Crippen LogP contribution in [-0.2, 0) is 15.1 Å². The minimum Gasteiger partial charge on any atom is -0.372 e. The molecule has 1 saturated carbocycles. The number of rotatable bonds is 2. The third-order valence-corrected chi connectivity index (χ3v) is 7.24. The van der Waals surface area contributed by atoms with Gasteiger partial charge in [-0.1, -0.05) is 18.2 Å². The highest BCUT2D eigenvalue weighted by Crippen LogP contribution is 2.57. The number of aromatic nitrogens is 1. The summed E-state index contributed by atoms with van der Waals surface area (Å²) < 4.78 is 7.03. The summed E-state index contributed by atoms with van der Waals surface area (Å²) in [7, 11) is 0. The number of hydrogen-bond donors (Lipinski definition) is 0. The van der Waals surface area contributed by atoms with Crippen molar-refractivity contribution >= 4 is 33.2 Å². The summed E-state index contributed by atoms with van der Waals surface area (Å²) in [5.41, 5.74) is -0.0141. The van der Waals surface area contributed by atoms with Gasteiger partial charge in [0.25, 0.3) is 5.91 Å². The van der Waals surface area contributed by atoms with Crippen LogP contribution in [0.25, 0.3) is 0 Å². The molecule has 2 aromatic rings. The molecule has 3 fully saturated rings. The predicted molar refractivity (Wildman–Crippen MR) is 96.1 cm³/mol. The lowest BCUT2D eigenvalue weighted by Gasteiger charge is -2.43. The van der Waals surface area contributed by atoms with Crippen molar-refractivity contribution in [2.45, 2.75) is 30.4 Å². The second-order valence-electron chi connectivity index (χ2n) is 7.03. The van der Waals surface area contributed by atoms with E-state index in [1.165, 1.54) is 5.06 Å². The number of carbonyl (C=O) groups is 1. The van der Waals surface area contributed by atoms with Gasteiger partial charge in [0.2, 0.25) is 0 Å². The molecular weight excluding hydrogens is 404 g/mol. The van der Waals surface area contributed by atoms with Crippen LogP contribution in [0.15, 0.2) is 40.3 Å². The molecule has 2 saturated heterocycles. The SMILES string of the molecule is O=C(c1ccccc1)N1OC[C@@H]2CC3(CC3)OC[C@@]21c1nc(Br)cs1. The van der Waals surface area contributed by atoms with Crippen molar-refractivity contribution in [3.63, 3.8) is 0 Å². The molecule has 25 heavy (non-hydrogen) atoms. The average molecular weight is 421 g/mol. The van der Waals surface area contributed by atoms with E-state index in [1.807, 2.05) is 35.7 Å². The molecule has 0 radical (unpaired) electrons. The number of benzene rings is 1. The first-order valence-corrected chi connectivity index (χ1v) is 10.1. The van der Waals surface area contributed by atoms with Crippen molar-refractivity contribution in [1.29, 1.82) is 0 Å². The number of amides is 1. The average Bonchev–Trinajstić information content (AvgIpc) is 3.06. The van der Waals surface area contributed by atoms with Crippen LogP contribution in [0.5, 0.6) is 0 Å². The number of carbonyl (C=O) groups excluding carboxylic acids is 1. The zero-order valence-corrected chi connectivity index (χ0v) is 15.9. The molecule has 1 amide bonds. The van der Waals surface area contributed by atoms with Crippen molar-refractivity contribution in [1.82, 2.24) is 10.0 Å². The van der Waals surface area contributed by atoms with Gasteiger partial charge in [-0.25, -0.2) is 10.0 Å². The van der Waals surface area contributed by atoms with E-state index in [0.717, 1.165) is 28.9 Å². The molecule has 3 heterocycles. The van der Waals surface area contributed by atoms with Crippen LogP contribution in [0.4, 0.5) is 0 Å². The van der Waals surface area contributed by atoms with E-state index in [9.17, 15) is 4.79 Å². The smallest absolute Gasteiger partial charge is 0.278 e. The van der Waals surface area contributed by atoms with E-state index in [0.29, 0.717) is 18.8 Å². The zero-order valence-electron chi connectivity index (χ0n) is 13.5. The quantitative estimate of drug-likeness (QED) is 0.741. The molecule has 5 nitrogen and oxygen atoms in total. The zero-order chi connectivity index (χ0) is 17.1. The lowest BCUT2D eigenvalue weighted by Crippen LogP contribution is -2.55. The first-order chi connectivity index (χ1) is 12.1. The molecule has 1 spiro atoms. The molecule has 0 N–H and O–H groups in total. The molecule has 7 heteroatoms. The molecule has 130 valence electrons. The molecule has 0 unspecified atom stereocenters. The van der Waals surface area contributed by atoms with Gasteiger partial charge < -0.3 is 4.74 Å². The number of halogens is 1. The van der Waals surface area contributed by atoms with Crippen LogP contribution in [-0.4, -0.2) is 34.8 Å². The van der Waals surface area contributed by atoms with E-state index in [1.54, 1.807) is 11.3 Å².